The third kappa shape index (κ3) is 7.62. The molecule has 3 aromatic rings. The number of carbonyl (C=O) groups is 2. The van der Waals surface area contributed by atoms with E-state index >= 15 is 0 Å². The van der Waals surface area contributed by atoms with Crippen LogP contribution in [0.5, 0.6) is 0 Å². The van der Waals surface area contributed by atoms with Crippen LogP contribution in [0.1, 0.15) is 29.1 Å². The van der Waals surface area contributed by atoms with Gasteiger partial charge in [0.25, 0.3) is 5.91 Å². The number of benzene rings is 2. The third-order valence-corrected chi connectivity index (χ3v) is 6.32. The molecule has 186 valence electrons. The first kappa shape index (κ1) is 26.4. The highest BCUT2D eigenvalue weighted by Gasteiger charge is 2.22. The van der Waals surface area contributed by atoms with Crippen molar-refractivity contribution in [1.29, 1.82) is 0 Å². The van der Waals surface area contributed by atoms with Crippen LogP contribution in [0.15, 0.2) is 60.7 Å². The molecular weight excluding hydrogens is 492 g/mol. The molecule has 1 aromatic heterocycles. The smallest absolute Gasteiger partial charge is 0.338 e. The maximum absolute atomic E-state index is 12.6. The Kier molecular flexibility index (Phi) is 8.99. The van der Waals surface area contributed by atoms with Gasteiger partial charge in [-0.1, -0.05) is 36.4 Å². The molecule has 0 saturated heterocycles. The highest BCUT2D eigenvalue weighted by atomic mass is 32.2. The first-order chi connectivity index (χ1) is 16.7. The number of ether oxygens (including phenoxy) is 3. The second-order valence-electron chi connectivity index (χ2n) is 7.36. The zero-order valence-electron chi connectivity index (χ0n) is 19.4. The van der Waals surface area contributed by atoms with Gasteiger partial charge in [-0.15, -0.1) is 11.3 Å². The molecule has 11 heteroatoms. The summed E-state index contributed by atoms with van der Waals surface area (Å²) in [5, 5.41) is 3.29. The van der Waals surface area contributed by atoms with E-state index < -0.39 is 34.8 Å². The van der Waals surface area contributed by atoms with Crippen molar-refractivity contribution in [3.8, 4) is 10.4 Å². The Balaban J connectivity index is 1.72. The van der Waals surface area contributed by atoms with Crippen LogP contribution in [0.2, 0.25) is 0 Å². The van der Waals surface area contributed by atoms with E-state index in [1.54, 1.807) is 0 Å². The van der Waals surface area contributed by atoms with Gasteiger partial charge in [0.15, 0.2) is 12.9 Å². The van der Waals surface area contributed by atoms with Crippen molar-refractivity contribution in [2.75, 3.05) is 36.6 Å². The van der Waals surface area contributed by atoms with Gasteiger partial charge in [-0.2, -0.15) is 0 Å². The Labute approximate surface area is 208 Å². The molecule has 0 aliphatic heterocycles. The fraction of sp³-hybridized carbons (Fsp3) is 0.250. The van der Waals surface area contributed by atoms with Gasteiger partial charge < -0.3 is 19.5 Å². The summed E-state index contributed by atoms with van der Waals surface area (Å²) in [7, 11) is -1.99. The number of rotatable bonds is 11. The zero-order chi connectivity index (χ0) is 25.4. The van der Waals surface area contributed by atoms with Gasteiger partial charge in [0.2, 0.25) is 10.0 Å². The molecule has 0 radical (unpaired) electrons. The van der Waals surface area contributed by atoms with E-state index in [9.17, 15) is 18.0 Å². The second-order valence-corrected chi connectivity index (χ2v) is 10.2. The summed E-state index contributed by atoms with van der Waals surface area (Å²) in [6.45, 7) is 1.72. The van der Waals surface area contributed by atoms with Crippen LogP contribution in [0.25, 0.3) is 10.4 Å². The molecule has 1 atom stereocenters. The Morgan fingerprint density at radius 2 is 1.80 bits per heavy atom. The van der Waals surface area contributed by atoms with Crippen molar-refractivity contribution in [1.82, 2.24) is 0 Å². The van der Waals surface area contributed by atoms with Gasteiger partial charge in [0.05, 0.1) is 11.8 Å². The number of carbonyl (C=O) groups excluding carboxylic acids is 2. The maximum Gasteiger partial charge on any atom is 0.338 e. The lowest BCUT2D eigenvalue weighted by Gasteiger charge is -2.16. The molecule has 1 unspecified atom stereocenters. The Morgan fingerprint density at radius 3 is 2.46 bits per heavy atom. The Morgan fingerprint density at radius 1 is 1.06 bits per heavy atom. The van der Waals surface area contributed by atoms with E-state index in [4.69, 9.17) is 14.2 Å². The molecule has 1 amide bonds. The number of hydrogen-bond donors (Lipinski definition) is 2. The topological polar surface area (TPSA) is 120 Å². The van der Waals surface area contributed by atoms with Gasteiger partial charge in [0.1, 0.15) is 5.00 Å². The Bertz CT molecular complexity index is 1270. The molecule has 0 saturated carbocycles. The molecule has 2 aromatic carbocycles. The summed E-state index contributed by atoms with van der Waals surface area (Å²) >= 11 is 1.35. The maximum atomic E-state index is 12.6. The first-order valence-corrected chi connectivity index (χ1v) is 13.3. The molecule has 1 heterocycles. The van der Waals surface area contributed by atoms with Crippen LogP contribution in [0, 0.1) is 0 Å². The summed E-state index contributed by atoms with van der Waals surface area (Å²) in [5.74, 6) is -1.31. The predicted molar refractivity (Wildman–Crippen MR) is 135 cm³/mol. The second kappa shape index (κ2) is 11.9. The van der Waals surface area contributed by atoms with E-state index in [1.807, 2.05) is 43.3 Å². The van der Waals surface area contributed by atoms with E-state index in [0.717, 1.165) is 16.7 Å². The largest absolute Gasteiger partial charge is 0.452 e. The molecule has 0 aliphatic carbocycles. The Hall–Kier alpha value is -3.25. The summed E-state index contributed by atoms with van der Waals surface area (Å²) in [6, 6.07) is 17.4. The molecule has 0 bridgehead atoms. The summed E-state index contributed by atoms with van der Waals surface area (Å²) in [5.41, 5.74) is 1.94. The fourth-order valence-corrected chi connectivity index (χ4v) is 4.81. The molecule has 2 N–H and O–H groups in total. The lowest BCUT2D eigenvalue weighted by molar-refractivity contribution is -0.123. The van der Waals surface area contributed by atoms with Crippen molar-refractivity contribution in [2.24, 2.45) is 0 Å². The van der Waals surface area contributed by atoms with Crippen molar-refractivity contribution in [3.63, 3.8) is 0 Å². The zero-order valence-corrected chi connectivity index (χ0v) is 21.1. The lowest BCUT2D eigenvalue weighted by atomic mass is 10.1. The highest BCUT2D eigenvalue weighted by molar-refractivity contribution is 7.92. The monoisotopic (exact) mass is 518 g/mol. The van der Waals surface area contributed by atoms with Crippen molar-refractivity contribution < 1.29 is 32.2 Å². The standard InChI is InChI=1S/C24H26N2O7S2/c1-4-32-24(31-2)19-14-20(16-9-6-5-7-10-16)34-22(19)25-21(27)15-33-23(28)17-11-8-12-18(13-17)26-35(3,29)30/h5-14,24,26H,4,15H2,1-3H3,(H,25,27). The molecule has 35 heavy (non-hydrogen) atoms. The summed E-state index contributed by atoms with van der Waals surface area (Å²) in [6.07, 6.45) is 0.320. The summed E-state index contributed by atoms with van der Waals surface area (Å²) < 4.78 is 41.3. The molecule has 0 aliphatic rings. The van der Waals surface area contributed by atoms with Crippen LogP contribution < -0.4 is 10.0 Å². The van der Waals surface area contributed by atoms with Gasteiger partial charge in [0, 0.05) is 29.8 Å². The van der Waals surface area contributed by atoms with Crippen molar-refractivity contribution in [3.05, 3.63) is 71.8 Å². The molecule has 9 nitrogen and oxygen atoms in total. The highest BCUT2D eigenvalue weighted by Crippen LogP contribution is 2.39. The van der Waals surface area contributed by atoms with Gasteiger partial charge in [-0.25, -0.2) is 13.2 Å². The van der Waals surface area contributed by atoms with Crippen LogP contribution in [0.3, 0.4) is 0 Å². The molecular formula is C24H26N2O7S2. The van der Waals surface area contributed by atoms with Gasteiger partial charge >= 0.3 is 5.97 Å². The van der Waals surface area contributed by atoms with Crippen LogP contribution in [-0.4, -0.2) is 46.9 Å². The van der Waals surface area contributed by atoms with E-state index in [-0.39, 0.29) is 11.3 Å². The quantitative estimate of drug-likeness (QED) is 0.287. The van der Waals surface area contributed by atoms with Crippen molar-refractivity contribution >= 4 is 43.9 Å². The van der Waals surface area contributed by atoms with Crippen LogP contribution in [0.4, 0.5) is 10.7 Å². The number of hydrogen-bond acceptors (Lipinski definition) is 8. The predicted octanol–water partition coefficient (Wildman–Crippen LogP) is 4.26. The fourth-order valence-electron chi connectivity index (χ4n) is 3.16. The number of amides is 1. The number of sulfonamides is 1. The molecule has 3 rings (SSSR count). The number of esters is 1. The van der Waals surface area contributed by atoms with E-state index in [2.05, 4.69) is 10.0 Å². The van der Waals surface area contributed by atoms with Crippen molar-refractivity contribution in [2.45, 2.75) is 13.2 Å². The average Bonchev–Trinajstić information content (AvgIpc) is 3.24. The van der Waals surface area contributed by atoms with E-state index in [0.29, 0.717) is 17.2 Å². The molecule has 0 fully saturated rings. The molecule has 0 spiro atoms. The van der Waals surface area contributed by atoms with Crippen LogP contribution >= 0.6 is 11.3 Å². The lowest BCUT2D eigenvalue weighted by Crippen LogP contribution is -2.21. The number of thiophene rings is 1. The number of anilines is 2. The minimum Gasteiger partial charge on any atom is -0.452 e. The average molecular weight is 519 g/mol. The van der Waals surface area contributed by atoms with Crippen LogP contribution in [-0.2, 0) is 29.0 Å². The SMILES string of the molecule is CCOC(OC)c1cc(-c2ccccc2)sc1NC(=O)COC(=O)c1cccc(NS(C)(=O)=O)c1. The van der Waals surface area contributed by atoms with Gasteiger partial charge in [-0.05, 0) is 36.8 Å². The number of methoxy groups -OCH3 is 1. The van der Waals surface area contributed by atoms with Gasteiger partial charge in [-0.3, -0.25) is 9.52 Å². The minimum atomic E-state index is -3.50. The van der Waals surface area contributed by atoms with E-state index in [1.165, 1.54) is 42.7 Å². The number of nitrogens with one attached hydrogen (secondary N) is 2. The minimum absolute atomic E-state index is 0.102. The first-order valence-electron chi connectivity index (χ1n) is 10.6. The normalized spacial score (nSPS) is 12.1. The summed E-state index contributed by atoms with van der Waals surface area (Å²) in [4.78, 5) is 25.9. The third-order valence-electron chi connectivity index (χ3n) is 4.59.